The van der Waals surface area contributed by atoms with Crippen LogP contribution in [-0.4, -0.2) is 9.13 Å². The second-order valence-electron chi connectivity index (χ2n) is 15.1. The molecule has 0 aliphatic heterocycles. The number of hydrogen-bond donors (Lipinski definition) is 0. The Kier molecular flexibility index (Phi) is 7.26. The lowest BCUT2D eigenvalue weighted by atomic mass is 10.0. The predicted octanol–water partition coefficient (Wildman–Crippen LogP) is 14.1. The molecule has 9 aromatic carbocycles. The van der Waals surface area contributed by atoms with Gasteiger partial charge in [-0.3, -0.25) is 0 Å². The molecule has 0 bridgehead atoms. The molecule has 0 radical (unpaired) electrons. The molecule has 3 aromatic heterocycles. The van der Waals surface area contributed by atoms with Crippen LogP contribution in [0.15, 0.2) is 192 Å². The minimum atomic E-state index is 0.450. The van der Waals surface area contributed by atoms with E-state index >= 15 is 0 Å². The third-order valence-corrected chi connectivity index (χ3v) is 11.9. The molecule has 0 fully saturated rings. The lowest BCUT2D eigenvalue weighted by Gasteiger charge is -2.25. The molecule has 0 N–H and O–H groups in total. The number of aromatic nitrogens is 2. The van der Waals surface area contributed by atoms with Gasteiger partial charge in [-0.25, -0.2) is 0 Å². The number of nitriles is 2. The Bertz CT molecular complexity index is 3760. The molecule has 6 nitrogen and oxygen atoms in total. The van der Waals surface area contributed by atoms with Gasteiger partial charge in [0.05, 0.1) is 44.6 Å². The van der Waals surface area contributed by atoms with E-state index in [1.165, 1.54) is 0 Å². The predicted molar refractivity (Wildman–Crippen MR) is 244 cm³/mol. The van der Waals surface area contributed by atoms with Crippen molar-refractivity contribution < 1.29 is 4.42 Å². The molecule has 3 heterocycles. The molecule has 278 valence electrons. The molecule has 0 aliphatic rings. The highest BCUT2D eigenvalue weighted by atomic mass is 16.3. The fourth-order valence-electron chi connectivity index (χ4n) is 9.44. The molecular formula is C54H31N5O. The first kappa shape index (κ1) is 33.5. The van der Waals surface area contributed by atoms with E-state index < -0.39 is 0 Å². The van der Waals surface area contributed by atoms with Gasteiger partial charge in [0.15, 0.2) is 0 Å². The maximum atomic E-state index is 11.1. The van der Waals surface area contributed by atoms with Crippen molar-refractivity contribution in [3.05, 3.63) is 199 Å². The zero-order valence-corrected chi connectivity index (χ0v) is 32.0. The topological polar surface area (TPSA) is 73.8 Å². The summed E-state index contributed by atoms with van der Waals surface area (Å²) in [5.74, 6) is 0. The smallest absolute Gasteiger partial charge is 0.136 e. The summed E-state index contributed by atoms with van der Waals surface area (Å²) in [6.07, 6.45) is 0. The largest absolute Gasteiger partial charge is 0.456 e. The second-order valence-corrected chi connectivity index (χ2v) is 15.1. The van der Waals surface area contributed by atoms with Gasteiger partial charge in [0, 0.05) is 49.4 Å². The molecule has 0 spiro atoms. The average molecular weight is 766 g/mol. The second kappa shape index (κ2) is 13.0. The van der Waals surface area contributed by atoms with E-state index in [0.717, 1.165) is 93.4 Å². The third-order valence-electron chi connectivity index (χ3n) is 11.9. The number of hydrogen-bond acceptors (Lipinski definition) is 4. The lowest BCUT2D eigenvalue weighted by Crippen LogP contribution is -2.09. The van der Waals surface area contributed by atoms with Gasteiger partial charge >= 0.3 is 0 Å². The molecule has 12 rings (SSSR count). The number of fused-ring (bicyclic) bond motifs is 12. The van der Waals surface area contributed by atoms with Crippen LogP contribution < -0.4 is 4.90 Å². The molecule has 0 saturated heterocycles. The van der Waals surface area contributed by atoms with Gasteiger partial charge in [-0.05, 0) is 95.7 Å². The van der Waals surface area contributed by atoms with E-state index in [4.69, 9.17) is 4.42 Å². The van der Waals surface area contributed by atoms with Crippen LogP contribution in [-0.2, 0) is 0 Å². The maximum absolute atomic E-state index is 11.1. The van der Waals surface area contributed by atoms with Gasteiger partial charge in [-0.1, -0.05) is 103 Å². The Hall–Kier alpha value is -8.58. The highest BCUT2D eigenvalue weighted by molar-refractivity contribution is 6.28. The van der Waals surface area contributed by atoms with Crippen molar-refractivity contribution >= 4 is 93.4 Å². The summed E-state index contributed by atoms with van der Waals surface area (Å²) >= 11 is 0. The summed E-state index contributed by atoms with van der Waals surface area (Å²) in [7, 11) is 0. The standard InChI is InChI=1S/C54H31N5O/c55-32-35-30-49(36(33-56)29-48(35)58-44-21-11-9-19-41(44)52-40-18-8-7-13-34(40)23-25-46(52)58)59-45-26-24-39(57(37-14-3-1-4-15-37)38-16-5-2-6-17-38)31-43(45)53-47(59)27-28-51-54(53)42-20-10-12-22-50(42)60-51/h1-31H. The Labute approximate surface area is 343 Å². The fraction of sp³-hybridized carbons (Fsp3) is 0. The van der Waals surface area contributed by atoms with Crippen molar-refractivity contribution in [2.24, 2.45) is 0 Å². The average Bonchev–Trinajstić information content (AvgIpc) is 3.97. The van der Waals surface area contributed by atoms with E-state index in [0.29, 0.717) is 22.5 Å². The van der Waals surface area contributed by atoms with Crippen LogP contribution in [0.5, 0.6) is 0 Å². The van der Waals surface area contributed by atoms with E-state index in [2.05, 4.69) is 160 Å². The van der Waals surface area contributed by atoms with Crippen LogP contribution >= 0.6 is 0 Å². The third kappa shape index (κ3) is 4.80. The van der Waals surface area contributed by atoms with Crippen molar-refractivity contribution in [3.63, 3.8) is 0 Å². The SMILES string of the molecule is N#Cc1cc(-n2c3ccc(N(c4ccccc4)c4ccccc4)cc3c3c4c(ccc32)oc2ccccc24)c(C#N)cc1-n1c2ccccc2c2c3ccccc3ccc21. The Morgan fingerprint density at radius 3 is 1.63 bits per heavy atom. The van der Waals surface area contributed by atoms with Crippen LogP contribution in [0, 0.1) is 22.7 Å². The van der Waals surface area contributed by atoms with Gasteiger partial charge in [0.1, 0.15) is 23.3 Å². The van der Waals surface area contributed by atoms with Crippen LogP contribution in [0.4, 0.5) is 17.1 Å². The molecule has 0 amide bonds. The fourth-order valence-corrected chi connectivity index (χ4v) is 9.44. The molecule has 0 saturated carbocycles. The van der Waals surface area contributed by atoms with Gasteiger partial charge in [0.25, 0.3) is 0 Å². The number of rotatable bonds is 5. The minimum absolute atomic E-state index is 0.450. The highest BCUT2D eigenvalue weighted by Crippen LogP contribution is 2.45. The summed E-state index contributed by atoms with van der Waals surface area (Å²) in [6.45, 7) is 0. The van der Waals surface area contributed by atoms with Crippen LogP contribution in [0.1, 0.15) is 11.1 Å². The van der Waals surface area contributed by atoms with Gasteiger partial charge in [-0.2, -0.15) is 10.5 Å². The Morgan fingerprint density at radius 2 is 0.933 bits per heavy atom. The lowest BCUT2D eigenvalue weighted by molar-refractivity contribution is 0.669. The number of benzene rings is 9. The zero-order valence-electron chi connectivity index (χ0n) is 32.0. The van der Waals surface area contributed by atoms with E-state index in [1.807, 2.05) is 54.6 Å². The first-order chi connectivity index (χ1) is 29.7. The molecule has 0 atom stereocenters. The van der Waals surface area contributed by atoms with Crippen molar-refractivity contribution in [3.8, 4) is 23.5 Å². The number of para-hydroxylation sites is 4. The quantitative estimate of drug-likeness (QED) is 0.175. The van der Waals surface area contributed by atoms with E-state index in [-0.39, 0.29) is 0 Å². The normalized spacial score (nSPS) is 11.6. The Morgan fingerprint density at radius 1 is 0.383 bits per heavy atom. The Balaban J connectivity index is 1.16. The van der Waals surface area contributed by atoms with Crippen molar-refractivity contribution in [2.45, 2.75) is 0 Å². The number of furan rings is 1. The van der Waals surface area contributed by atoms with Gasteiger partial charge in [0.2, 0.25) is 0 Å². The molecular weight excluding hydrogens is 735 g/mol. The summed E-state index contributed by atoms with van der Waals surface area (Å²) in [4.78, 5) is 2.26. The molecule has 0 aliphatic carbocycles. The van der Waals surface area contributed by atoms with Crippen molar-refractivity contribution in [1.82, 2.24) is 9.13 Å². The molecule has 6 heteroatoms. The van der Waals surface area contributed by atoms with E-state index in [9.17, 15) is 10.5 Å². The summed E-state index contributed by atoms with van der Waals surface area (Å²) in [5.41, 5.74) is 10.6. The van der Waals surface area contributed by atoms with Gasteiger partial charge < -0.3 is 18.5 Å². The molecule has 0 unspecified atom stereocenters. The summed E-state index contributed by atoms with van der Waals surface area (Å²) in [5, 5.41) is 30.6. The zero-order chi connectivity index (χ0) is 39.9. The molecule has 12 aromatic rings. The first-order valence-corrected chi connectivity index (χ1v) is 19.9. The highest BCUT2D eigenvalue weighted by Gasteiger charge is 2.25. The summed E-state index contributed by atoms with van der Waals surface area (Å²) < 4.78 is 10.7. The maximum Gasteiger partial charge on any atom is 0.136 e. The van der Waals surface area contributed by atoms with E-state index in [1.54, 1.807) is 0 Å². The van der Waals surface area contributed by atoms with Crippen LogP contribution in [0.25, 0.3) is 87.7 Å². The monoisotopic (exact) mass is 765 g/mol. The number of anilines is 3. The molecule has 60 heavy (non-hydrogen) atoms. The van der Waals surface area contributed by atoms with Crippen molar-refractivity contribution in [1.29, 1.82) is 10.5 Å². The summed E-state index contributed by atoms with van der Waals surface area (Å²) in [6, 6.07) is 69.3. The van der Waals surface area contributed by atoms with Gasteiger partial charge in [-0.15, -0.1) is 0 Å². The van der Waals surface area contributed by atoms with Crippen LogP contribution in [0.3, 0.4) is 0 Å². The van der Waals surface area contributed by atoms with Crippen LogP contribution in [0.2, 0.25) is 0 Å². The minimum Gasteiger partial charge on any atom is -0.456 e. The number of nitrogens with zero attached hydrogens (tertiary/aromatic N) is 5. The first-order valence-electron chi connectivity index (χ1n) is 19.9. The van der Waals surface area contributed by atoms with Crippen molar-refractivity contribution in [2.75, 3.05) is 4.90 Å².